The maximum Gasteiger partial charge on any atom is 0.170 e. The number of ketones is 1. The Morgan fingerprint density at radius 1 is 1.38 bits per heavy atom. The van der Waals surface area contributed by atoms with Crippen molar-refractivity contribution >= 4 is 12.0 Å². The van der Waals surface area contributed by atoms with Crippen LogP contribution in [0.1, 0.15) is 25.5 Å². The first kappa shape index (κ1) is 9.65. The topological polar surface area (TPSA) is 29.4 Å². The first-order valence-corrected chi connectivity index (χ1v) is 4.29. The second-order valence-corrected chi connectivity index (χ2v) is 2.98. The average molecular weight is 175 g/mol. The Hall–Kier alpha value is -1.44. The fourth-order valence-corrected chi connectivity index (χ4v) is 1.03. The summed E-state index contributed by atoms with van der Waals surface area (Å²) < 4.78 is 0. The van der Waals surface area contributed by atoms with Crippen molar-refractivity contribution < 1.29 is 4.79 Å². The number of aliphatic imine (C=N–C) groups is 1. The molecule has 0 N–H and O–H groups in total. The standard InChI is InChI=1S/C11H13NO/c1-9(13)8-12-10(2)11-6-4-3-5-7-11/h3-8,10H,1-2H3/b12-8+/t10-/m1/s1. The van der Waals surface area contributed by atoms with Crippen molar-refractivity contribution in [2.45, 2.75) is 19.9 Å². The number of benzene rings is 1. The van der Waals surface area contributed by atoms with Crippen molar-refractivity contribution in [2.75, 3.05) is 0 Å². The average Bonchev–Trinajstić information content (AvgIpc) is 2.15. The van der Waals surface area contributed by atoms with Gasteiger partial charge in [-0.05, 0) is 12.5 Å². The van der Waals surface area contributed by atoms with Crippen LogP contribution in [-0.4, -0.2) is 12.0 Å². The zero-order valence-electron chi connectivity index (χ0n) is 7.90. The maximum absolute atomic E-state index is 10.6. The Labute approximate surface area is 78.3 Å². The highest BCUT2D eigenvalue weighted by Gasteiger charge is 2.00. The molecule has 0 fully saturated rings. The van der Waals surface area contributed by atoms with Crippen molar-refractivity contribution in [3.8, 4) is 0 Å². The van der Waals surface area contributed by atoms with Crippen LogP contribution >= 0.6 is 0 Å². The van der Waals surface area contributed by atoms with Crippen molar-refractivity contribution in [3.63, 3.8) is 0 Å². The molecular weight excluding hydrogens is 162 g/mol. The van der Waals surface area contributed by atoms with Crippen LogP contribution < -0.4 is 0 Å². The highest BCUT2D eigenvalue weighted by Crippen LogP contribution is 2.14. The van der Waals surface area contributed by atoms with Gasteiger partial charge in [-0.1, -0.05) is 30.3 Å². The molecule has 2 heteroatoms. The number of hydrogen-bond acceptors (Lipinski definition) is 2. The van der Waals surface area contributed by atoms with Gasteiger partial charge in [-0.25, -0.2) is 0 Å². The van der Waals surface area contributed by atoms with E-state index in [0.717, 1.165) is 5.56 Å². The molecule has 0 aliphatic carbocycles. The van der Waals surface area contributed by atoms with Gasteiger partial charge in [0.15, 0.2) is 5.78 Å². The van der Waals surface area contributed by atoms with E-state index in [2.05, 4.69) is 4.99 Å². The highest BCUT2D eigenvalue weighted by atomic mass is 16.1. The first-order valence-electron chi connectivity index (χ1n) is 4.29. The van der Waals surface area contributed by atoms with Crippen LogP contribution in [0.25, 0.3) is 0 Å². The lowest BCUT2D eigenvalue weighted by molar-refractivity contribution is -0.110. The Balaban J connectivity index is 2.69. The van der Waals surface area contributed by atoms with Crippen LogP contribution in [0.2, 0.25) is 0 Å². The lowest BCUT2D eigenvalue weighted by atomic mass is 10.1. The highest BCUT2D eigenvalue weighted by molar-refractivity contribution is 6.26. The molecule has 0 saturated carbocycles. The van der Waals surface area contributed by atoms with Gasteiger partial charge in [0.1, 0.15) is 0 Å². The van der Waals surface area contributed by atoms with E-state index in [4.69, 9.17) is 0 Å². The van der Waals surface area contributed by atoms with Gasteiger partial charge in [0.2, 0.25) is 0 Å². The van der Waals surface area contributed by atoms with Gasteiger partial charge >= 0.3 is 0 Å². The SMILES string of the molecule is CC(=O)/C=N/[C@H](C)c1ccccc1. The Kier molecular flexibility index (Phi) is 3.38. The predicted octanol–water partition coefficient (Wildman–Crippen LogP) is 2.41. The van der Waals surface area contributed by atoms with Gasteiger partial charge in [0.05, 0.1) is 12.3 Å². The molecule has 0 aliphatic heterocycles. The van der Waals surface area contributed by atoms with Gasteiger partial charge in [0.25, 0.3) is 0 Å². The first-order chi connectivity index (χ1) is 6.20. The second kappa shape index (κ2) is 4.55. The van der Waals surface area contributed by atoms with E-state index in [0.29, 0.717) is 0 Å². The number of hydrogen-bond donors (Lipinski definition) is 0. The summed E-state index contributed by atoms with van der Waals surface area (Å²) in [7, 11) is 0. The molecule has 0 heterocycles. The lowest BCUT2D eigenvalue weighted by Gasteiger charge is -2.04. The van der Waals surface area contributed by atoms with E-state index in [9.17, 15) is 4.79 Å². The molecule has 0 bridgehead atoms. The summed E-state index contributed by atoms with van der Waals surface area (Å²) >= 11 is 0. The van der Waals surface area contributed by atoms with Gasteiger partial charge in [-0.3, -0.25) is 9.79 Å². The second-order valence-electron chi connectivity index (χ2n) is 2.98. The van der Waals surface area contributed by atoms with E-state index >= 15 is 0 Å². The smallest absolute Gasteiger partial charge is 0.170 e. The zero-order chi connectivity index (χ0) is 9.68. The summed E-state index contributed by atoms with van der Waals surface area (Å²) in [5.41, 5.74) is 1.13. The Morgan fingerprint density at radius 2 is 2.00 bits per heavy atom. The van der Waals surface area contributed by atoms with Crippen molar-refractivity contribution in [1.82, 2.24) is 0 Å². The third-order valence-corrected chi connectivity index (χ3v) is 1.76. The molecular formula is C11H13NO. The molecule has 68 valence electrons. The van der Waals surface area contributed by atoms with Crippen LogP contribution in [0.5, 0.6) is 0 Å². The fraction of sp³-hybridized carbons (Fsp3) is 0.273. The molecule has 0 saturated heterocycles. The number of nitrogens with zero attached hydrogens (tertiary/aromatic N) is 1. The molecule has 1 aromatic rings. The largest absolute Gasteiger partial charge is 0.293 e. The molecule has 2 nitrogen and oxygen atoms in total. The molecule has 1 atom stereocenters. The molecule has 0 spiro atoms. The molecule has 13 heavy (non-hydrogen) atoms. The van der Waals surface area contributed by atoms with Crippen LogP contribution in [0.4, 0.5) is 0 Å². The number of carbonyl (C=O) groups is 1. The van der Waals surface area contributed by atoms with Crippen LogP contribution in [-0.2, 0) is 4.79 Å². The van der Waals surface area contributed by atoms with E-state index < -0.39 is 0 Å². The third kappa shape index (κ3) is 3.20. The molecule has 1 aromatic carbocycles. The third-order valence-electron chi connectivity index (χ3n) is 1.76. The summed E-state index contributed by atoms with van der Waals surface area (Å²) in [4.78, 5) is 14.7. The number of carbonyl (C=O) groups excluding carboxylic acids is 1. The van der Waals surface area contributed by atoms with E-state index in [1.54, 1.807) is 0 Å². The normalized spacial score (nSPS) is 13.1. The fourth-order valence-electron chi connectivity index (χ4n) is 1.03. The zero-order valence-corrected chi connectivity index (χ0v) is 7.90. The van der Waals surface area contributed by atoms with Gasteiger partial charge in [0, 0.05) is 6.92 Å². The van der Waals surface area contributed by atoms with Crippen LogP contribution in [0, 0.1) is 0 Å². The lowest BCUT2D eigenvalue weighted by Crippen LogP contribution is -1.94. The number of Topliss-reactive ketones (excluding diaryl/α,β-unsaturated/α-hetero) is 1. The van der Waals surface area contributed by atoms with Gasteiger partial charge in [-0.15, -0.1) is 0 Å². The summed E-state index contributed by atoms with van der Waals surface area (Å²) in [6.45, 7) is 3.47. The maximum atomic E-state index is 10.6. The minimum atomic E-state index is -0.0113. The van der Waals surface area contributed by atoms with E-state index in [-0.39, 0.29) is 11.8 Å². The number of rotatable bonds is 3. The Bertz CT molecular complexity index is 303. The van der Waals surface area contributed by atoms with Crippen molar-refractivity contribution in [1.29, 1.82) is 0 Å². The van der Waals surface area contributed by atoms with Crippen LogP contribution in [0.15, 0.2) is 35.3 Å². The summed E-state index contributed by atoms with van der Waals surface area (Å²) in [6.07, 6.45) is 1.37. The molecule has 0 aromatic heterocycles. The van der Waals surface area contributed by atoms with Crippen molar-refractivity contribution in [2.24, 2.45) is 4.99 Å². The molecule has 0 aliphatic rings. The Morgan fingerprint density at radius 3 is 2.54 bits per heavy atom. The van der Waals surface area contributed by atoms with Gasteiger partial charge in [-0.2, -0.15) is 0 Å². The quantitative estimate of drug-likeness (QED) is 0.648. The molecule has 0 amide bonds. The van der Waals surface area contributed by atoms with Crippen LogP contribution in [0.3, 0.4) is 0 Å². The monoisotopic (exact) mass is 175 g/mol. The molecule has 0 radical (unpaired) electrons. The minimum Gasteiger partial charge on any atom is -0.293 e. The predicted molar refractivity (Wildman–Crippen MR) is 54.0 cm³/mol. The summed E-state index contributed by atoms with van der Waals surface area (Å²) in [5.74, 6) is -0.0113. The summed E-state index contributed by atoms with van der Waals surface area (Å²) in [6, 6.07) is 9.96. The summed E-state index contributed by atoms with van der Waals surface area (Å²) in [5, 5.41) is 0. The van der Waals surface area contributed by atoms with E-state index in [1.807, 2.05) is 37.3 Å². The molecule has 1 rings (SSSR count). The van der Waals surface area contributed by atoms with E-state index in [1.165, 1.54) is 13.1 Å². The van der Waals surface area contributed by atoms with Crippen molar-refractivity contribution in [3.05, 3.63) is 35.9 Å². The minimum absolute atomic E-state index is 0.0113. The van der Waals surface area contributed by atoms with Gasteiger partial charge < -0.3 is 0 Å². The molecule has 0 unspecified atom stereocenters.